The molecule has 4 unspecified atom stereocenters. The second-order valence-corrected chi connectivity index (χ2v) is 7.44. The highest BCUT2D eigenvalue weighted by Gasteiger charge is 2.68. The van der Waals surface area contributed by atoms with Crippen LogP contribution in [0.25, 0.3) is 0 Å². The molecule has 1 amide bonds. The second-order valence-electron chi connectivity index (χ2n) is 7.44. The molecule has 168 valence electrons. The highest BCUT2D eigenvalue weighted by Crippen LogP contribution is 2.48. The summed E-state index contributed by atoms with van der Waals surface area (Å²) >= 11 is 0. The molecule has 0 aromatic carbocycles. The Labute approximate surface area is 159 Å². The zero-order valence-electron chi connectivity index (χ0n) is 16.6. The van der Waals surface area contributed by atoms with E-state index in [1.54, 1.807) is 0 Å². The number of amides is 1. The summed E-state index contributed by atoms with van der Waals surface area (Å²) in [4.78, 5) is 12.1. The molecule has 0 rings (SSSR count). The van der Waals surface area contributed by atoms with E-state index in [0.29, 0.717) is 6.92 Å². The van der Waals surface area contributed by atoms with Crippen LogP contribution in [0.15, 0.2) is 0 Å². The minimum atomic E-state index is -5.74. The Morgan fingerprint density at radius 3 is 1.68 bits per heavy atom. The summed E-state index contributed by atoms with van der Waals surface area (Å²) in [6.45, 7) is 3.98. The summed E-state index contributed by atoms with van der Waals surface area (Å²) in [6, 6.07) is -0.692. The van der Waals surface area contributed by atoms with Crippen molar-refractivity contribution >= 4 is 5.91 Å². The molecular formula is C17H27F8NO2. The lowest BCUT2D eigenvalue weighted by molar-refractivity contribution is -0.302. The molecule has 0 saturated heterocycles. The molecule has 3 nitrogen and oxygen atoms in total. The van der Waals surface area contributed by atoms with Gasteiger partial charge in [0.2, 0.25) is 5.91 Å². The van der Waals surface area contributed by atoms with Gasteiger partial charge >= 0.3 is 12.4 Å². The first-order chi connectivity index (χ1) is 12.3. The number of carbonyl (C=O) groups excluding carboxylic acids is 1. The first kappa shape index (κ1) is 26.9. The first-order valence-electron chi connectivity index (χ1n) is 8.74. The number of ether oxygens (including phenoxy) is 1. The average molecular weight is 429 g/mol. The highest BCUT2D eigenvalue weighted by molar-refractivity contribution is 5.81. The highest BCUT2D eigenvalue weighted by atomic mass is 19.4. The zero-order valence-corrected chi connectivity index (χ0v) is 16.6. The molecule has 0 aliphatic carbocycles. The Bertz CT molecular complexity index is 532. The van der Waals surface area contributed by atoms with E-state index in [9.17, 15) is 39.9 Å². The van der Waals surface area contributed by atoms with E-state index >= 15 is 0 Å². The van der Waals surface area contributed by atoms with Gasteiger partial charge < -0.3 is 10.1 Å². The van der Waals surface area contributed by atoms with E-state index in [4.69, 9.17) is 4.74 Å². The Hall–Kier alpha value is -1.13. The molecule has 0 aromatic heterocycles. The molecule has 0 radical (unpaired) electrons. The van der Waals surface area contributed by atoms with Gasteiger partial charge in [-0.2, -0.15) is 26.3 Å². The standard InChI is InChI=1S/C17H27F8NO2/c1-7-13(5,11(16(20,21)22)12(27)26-10(3)4)28-9-15(19,17(23,24)25)14(6,18)8-2/h10-11H,7-9H2,1-6H3,(H,26,27). The van der Waals surface area contributed by atoms with Crippen LogP contribution in [0.1, 0.15) is 54.4 Å². The van der Waals surface area contributed by atoms with E-state index in [2.05, 4.69) is 0 Å². The van der Waals surface area contributed by atoms with Crippen LogP contribution in [0.3, 0.4) is 0 Å². The summed E-state index contributed by atoms with van der Waals surface area (Å²) in [5, 5.41) is 2.03. The van der Waals surface area contributed by atoms with E-state index in [-0.39, 0.29) is 0 Å². The molecule has 0 saturated carbocycles. The van der Waals surface area contributed by atoms with Crippen LogP contribution < -0.4 is 5.32 Å². The second kappa shape index (κ2) is 8.71. The van der Waals surface area contributed by atoms with Crippen LogP contribution in [0, 0.1) is 5.92 Å². The average Bonchev–Trinajstić information content (AvgIpc) is 2.49. The third-order valence-electron chi connectivity index (χ3n) is 4.87. The van der Waals surface area contributed by atoms with Gasteiger partial charge in [0.25, 0.3) is 5.67 Å². The van der Waals surface area contributed by atoms with Crippen LogP contribution in [0.5, 0.6) is 0 Å². The Balaban J connectivity index is 6.04. The Kier molecular flexibility index (Phi) is 8.36. The van der Waals surface area contributed by atoms with Crippen LogP contribution in [0.2, 0.25) is 0 Å². The largest absolute Gasteiger partial charge is 0.428 e. The molecule has 0 fully saturated rings. The van der Waals surface area contributed by atoms with E-state index in [0.717, 1.165) is 20.8 Å². The summed E-state index contributed by atoms with van der Waals surface area (Å²) in [6.07, 6.45) is -12.4. The van der Waals surface area contributed by atoms with Gasteiger partial charge in [0.1, 0.15) is 0 Å². The Morgan fingerprint density at radius 2 is 1.39 bits per heavy atom. The fourth-order valence-electron chi connectivity index (χ4n) is 2.60. The van der Waals surface area contributed by atoms with Gasteiger partial charge in [0.05, 0.1) is 12.2 Å². The van der Waals surface area contributed by atoms with Crippen LogP contribution in [0.4, 0.5) is 35.1 Å². The maximum absolute atomic E-state index is 14.7. The quantitative estimate of drug-likeness (QED) is 0.507. The van der Waals surface area contributed by atoms with Crippen molar-refractivity contribution in [1.82, 2.24) is 5.32 Å². The number of halogens is 8. The molecule has 0 spiro atoms. The summed E-state index contributed by atoms with van der Waals surface area (Å²) in [5.41, 5.74) is -10.6. The fraction of sp³-hybridized carbons (Fsp3) is 0.941. The zero-order chi connectivity index (χ0) is 22.8. The molecule has 0 aromatic rings. The number of nitrogens with one attached hydrogen (secondary N) is 1. The van der Waals surface area contributed by atoms with Crippen LogP contribution >= 0.6 is 0 Å². The lowest BCUT2D eigenvalue weighted by atomic mass is 9.82. The van der Waals surface area contributed by atoms with Crippen molar-refractivity contribution in [2.24, 2.45) is 5.92 Å². The number of hydrogen-bond donors (Lipinski definition) is 1. The predicted molar refractivity (Wildman–Crippen MR) is 87.2 cm³/mol. The van der Waals surface area contributed by atoms with Crippen molar-refractivity contribution in [2.45, 2.75) is 89.7 Å². The predicted octanol–water partition coefficient (Wildman–Crippen LogP) is 5.28. The van der Waals surface area contributed by atoms with Gasteiger partial charge in [-0.05, 0) is 40.5 Å². The van der Waals surface area contributed by atoms with Gasteiger partial charge in [-0.25, -0.2) is 8.78 Å². The summed E-state index contributed by atoms with van der Waals surface area (Å²) in [5.74, 6) is -4.40. The third-order valence-corrected chi connectivity index (χ3v) is 4.87. The summed E-state index contributed by atoms with van der Waals surface area (Å²) < 4.78 is 114. The SMILES string of the molecule is CCC(C)(OCC(F)(C(F)(F)F)C(C)(F)CC)C(C(=O)NC(C)C)C(F)(F)F. The molecule has 0 bridgehead atoms. The molecule has 0 aliphatic heterocycles. The van der Waals surface area contributed by atoms with Gasteiger partial charge in [-0.3, -0.25) is 4.79 Å². The Morgan fingerprint density at radius 1 is 0.929 bits per heavy atom. The maximum atomic E-state index is 14.7. The van der Waals surface area contributed by atoms with E-state index < -0.39 is 66.6 Å². The summed E-state index contributed by atoms with van der Waals surface area (Å²) in [7, 11) is 0. The van der Waals surface area contributed by atoms with Gasteiger partial charge in [0, 0.05) is 6.04 Å². The molecule has 1 N–H and O–H groups in total. The van der Waals surface area contributed by atoms with Crippen molar-refractivity contribution < 1.29 is 44.7 Å². The van der Waals surface area contributed by atoms with Crippen molar-refractivity contribution in [3.05, 3.63) is 0 Å². The molecule has 0 aliphatic rings. The molecule has 11 heteroatoms. The maximum Gasteiger partial charge on any atom is 0.428 e. The van der Waals surface area contributed by atoms with E-state index in [1.807, 2.05) is 5.32 Å². The molecule has 0 heterocycles. The number of hydrogen-bond acceptors (Lipinski definition) is 2. The van der Waals surface area contributed by atoms with Gasteiger partial charge in [-0.15, -0.1) is 0 Å². The lowest BCUT2D eigenvalue weighted by Crippen LogP contribution is -2.61. The lowest BCUT2D eigenvalue weighted by Gasteiger charge is -2.42. The van der Waals surface area contributed by atoms with Crippen LogP contribution in [-0.2, 0) is 9.53 Å². The minimum Gasteiger partial charge on any atom is -0.370 e. The number of alkyl halides is 8. The monoisotopic (exact) mass is 429 g/mol. The van der Waals surface area contributed by atoms with Crippen LogP contribution in [-0.4, -0.2) is 47.8 Å². The van der Waals surface area contributed by atoms with Crippen molar-refractivity contribution in [2.75, 3.05) is 6.61 Å². The van der Waals surface area contributed by atoms with Crippen molar-refractivity contribution in [1.29, 1.82) is 0 Å². The smallest absolute Gasteiger partial charge is 0.370 e. The number of carbonyl (C=O) groups is 1. The van der Waals surface area contributed by atoms with Crippen molar-refractivity contribution in [3.63, 3.8) is 0 Å². The number of rotatable bonds is 9. The van der Waals surface area contributed by atoms with Gasteiger partial charge in [-0.1, -0.05) is 13.8 Å². The molecule has 4 atom stereocenters. The molecule has 28 heavy (non-hydrogen) atoms. The first-order valence-corrected chi connectivity index (χ1v) is 8.74. The molecular weight excluding hydrogens is 402 g/mol. The van der Waals surface area contributed by atoms with Gasteiger partial charge in [0.15, 0.2) is 11.6 Å². The normalized spacial score (nSPS) is 20.8. The topological polar surface area (TPSA) is 38.3 Å². The minimum absolute atomic E-state index is 0.361. The third kappa shape index (κ3) is 5.70. The fourth-order valence-corrected chi connectivity index (χ4v) is 2.60. The van der Waals surface area contributed by atoms with E-state index in [1.165, 1.54) is 13.8 Å². The van der Waals surface area contributed by atoms with Crippen molar-refractivity contribution in [3.8, 4) is 0 Å².